The van der Waals surface area contributed by atoms with Crippen molar-refractivity contribution in [2.75, 3.05) is 12.5 Å². The van der Waals surface area contributed by atoms with Crippen LogP contribution in [0.3, 0.4) is 0 Å². The van der Waals surface area contributed by atoms with E-state index in [0.29, 0.717) is 0 Å². The SMILES string of the molecule is CSc1ccc(C(C#N)(c2ccccc2)C(C#N)(c2ccccc2)c2ccc(SC)cc2)cc1. The molecular formula is C30H24N2S2. The normalized spacial score (nSPS) is 14.2. The Balaban J connectivity index is 2.17. The van der Waals surface area contributed by atoms with Crippen LogP contribution in [0.2, 0.25) is 0 Å². The summed E-state index contributed by atoms with van der Waals surface area (Å²) in [5, 5.41) is 22.2. The number of nitriles is 2. The molecule has 2 nitrogen and oxygen atoms in total. The lowest BCUT2D eigenvalue weighted by Crippen LogP contribution is -2.49. The van der Waals surface area contributed by atoms with Gasteiger partial charge in [-0.1, -0.05) is 84.9 Å². The van der Waals surface area contributed by atoms with Crippen LogP contribution in [0.4, 0.5) is 0 Å². The minimum absolute atomic E-state index is 0.786. The fourth-order valence-electron chi connectivity index (χ4n) is 4.68. The van der Waals surface area contributed by atoms with Crippen molar-refractivity contribution in [3.05, 3.63) is 131 Å². The van der Waals surface area contributed by atoms with Crippen molar-refractivity contribution in [1.82, 2.24) is 0 Å². The summed E-state index contributed by atoms with van der Waals surface area (Å²) >= 11 is 3.30. The molecular weight excluding hydrogens is 452 g/mol. The lowest BCUT2D eigenvalue weighted by molar-refractivity contribution is 0.469. The minimum atomic E-state index is -1.29. The van der Waals surface area contributed by atoms with Crippen molar-refractivity contribution >= 4 is 23.5 Å². The van der Waals surface area contributed by atoms with Gasteiger partial charge in [-0.05, 0) is 59.0 Å². The Morgan fingerprint density at radius 2 is 0.765 bits per heavy atom. The number of rotatable bonds is 7. The van der Waals surface area contributed by atoms with Crippen molar-refractivity contribution in [2.45, 2.75) is 20.6 Å². The van der Waals surface area contributed by atoms with E-state index >= 15 is 0 Å². The van der Waals surface area contributed by atoms with E-state index < -0.39 is 10.8 Å². The monoisotopic (exact) mass is 476 g/mol. The van der Waals surface area contributed by atoms with Crippen molar-refractivity contribution in [3.8, 4) is 12.1 Å². The zero-order chi connectivity index (χ0) is 24.0. The van der Waals surface area contributed by atoms with Gasteiger partial charge in [-0.25, -0.2) is 0 Å². The zero-order valence-electron chi connectivity index (χ0n) is 19.1. The van der Waals surface area contributed by atoms with Gasteiger partial charge in [0.2, 0.25) is 0 Å². The second-order valence-corrected chi connectivity index (χ2v) is 9.67. The molecule has 2 atom stereocenters. The van der Waals surface area contributed by atoms with Gasteiger partial charge in [0.15, 0.2) is 0 Å². The van der Waals surface area contributed by atoms with E-state index in [0.717, 1.165) is 32.0 Å². The molecule has 0 heterocycles. The van der Waals surface area contributed by atoms with Crippen LogP contribution >= 0.6 is 23.5 Å². The third kappa shape index (κ3) is 3.80. The van der Waals surface area contributed by atoms with Crippen LogP contribution in [0.1, 0.15) is 22.3 Å². The summed E-state index contributed by atoms with van der Waals surface area (Å²) in [6.45, 7) is 0. The standard InChI is InChI=1S/C30H24N2S2/c1-33-27-17-13-25(14-18-27)29(21-31,23-9-5-3-6-10-23)30(22-32,24-11-7-4-8-12-24)26-15-19-28(34-2)20-16-26/h3-20H,1-2H3. The van der Waals surface area contributed by atoms with E-state index in [1.807, 2.05) is 122 Å². The largest absolute Gasteiger partial charge is 0.197 e. The third-order valence-corrected chi connectivity index (χ3v) is 7.84. The fourth-order valence-corrected chi connectivity index (χ4v) is 5.50. The Morgan fingerprint density at radius 1 is 0.471 bits per heavy atom. The van der Waals surface area contributed by atoms with E-state index in [1.165, 1.54) is 0 Å². The molecule has 0 radical (unpaired) electrons. The first-order valence-corrected chi connectivity index (χ1v) is 13.3. The zero-order valence-corrected chi connectivity index (χ0v) is 20.7. The van der Waals surface area contributed by atoms with Gasteiger partial charge >= 0.3 is 0 Å². The highest BCUT2D eigenvalue weighted by molar-refractivity contribution is 7.98. The van der Waals surface area contributed by atoms with Crippen LogP contribution in [0.5, 0.6) is 0 Å². The Kier molecular flexibility index (Phi) is 7.13. The van der Waals surface area contributed by atoms with Crippen molar-refractivity contribution in [3.63, 3.8) is 0 Å². The van der Waals surface area contributed by atoms with Gasteiger partial charge in [0, 0.05) is 9.79 Å². The molecule has 4 aromatic rings. The smallest absolute Gasteiger partial charge is 0.134 e. The van der Waals surface area contributed by atoms with Crippen LogP contribution in [-0.4, -0.2) is 12.5 Å². The van der Waals surface area contributed by atoms with E-state index in [9.17, 15) is 10.5 Å². The van der Waals surface area contributed by atoms with Gasteiger partial charge < -0.3 is 0 Å². The van der Waals surface area contributed by atoms with Crippen LogP contribution in [-0.2, 0) is 10.8 Å². The number of hydrogen-bond acceptors (Lipinski definition) is 4. The second-order valence-electron chi connectivity index (χ2n) is 7.91. The lowest BCUT2D eigenvalue weighted by Gasteiger charge is -2.43. The molecule has 34 heavy (non-hydrogen) atoms. The fraction of sp³-hybridized carbons (Fsp3) is 0.133. The predicted octanol–water partition coefficient (Wildman–Crippen LogP) is 7.45. The van der Waals surface area contributed by atoms with Gasteiger partial charge in [0.05, 0.1) is 12.1 Å². The lowest BCUT2D eigenvalue weighted by atomic mass is 9.53. The Labute approximate surface area is 210 Å². The maximum atomic E-state index is 11.1. The molecule has 0 spiro atoms. The quantitative estimate of drug-likeness (QED) is 0.260. The average molecular weight is 477 g/mol. The van der Waals surface area contributed by atoms with Crippen LogP contribution in [0.25, 0.3) is 0 Å². The summed E-state index contributed by atoms with van der Waals surface area (Å²) in [7, 11) is 0. The maximum Gasteiger partial charge on any atom is 0.134 e. The highest BCUT2D eigenvalue weighted by Gasteiger charge is 2.57. The summed E-state index contributed by atoms with van der Waals surface area (Å²) < 4.78 is 0. The van der Waals surface area contributed by atoms with Gasteiger partial charge in [0.1, 0.15) is 10.8 Å². The topological polar surface area (TPSA) is 47.6 Å². The van der Waals surface area contributed by atoms with Crippen molar-refractivity contribution < 1.29 is 0 Å². The molecule has 0 saturated heterocycles. The first kappa shape index (κ1) is 23.7. The molecule has 4 aromatic carbocycles. The molecule has 0 aliphatic heterocycles. The predicted molar refractivity (Wildman–Crippen MR) is 142 cm³/mol. The number of benzene rings is 4. The summed E-state index contributed by atoms with van der Waals surface area (Å²) in [5.74, 6) is 0. The molecule has 4 heteroatoms. The molecule has 0 aliphatic carbocycles. The molecule has 0 aliphatic rings. The third-order valence-electron chi connectivity index (χ3n) is 6.36. The molecule has 166 valence electrons. The van der Waals surface area contributed by atoms with Gasteiger partial charge in [-0.3, -0.25) is 0 Å². The van der Waals surface area contributed by atoms with Gasteiger partial charge in [0.25, 0.3) is 0 Å². The number of thioether (sulfide) groups is 2. The molecule has 0 bridgehead atoms. The van der Waals surface area contributed by atoms with E-state index in [2.05, 4.69) is 12.1 Å². The minimum Gasteiger partial charge on any atom is -0.197 e. The number of nitrogens with zero attached hydrogens (tertiary/aromatic N) is 2. The molecule has 0 fully saturated rings. The van der Waals surface area contributed by atoms with Crippen molar-refractivity contribution in [2.24, 2.45) is 0 Å². The summed E-state index contributed by atoms with van der Waals surface area (Å²) in [4.78, 5) is 2.21. The van der Waals surface area contributed by atoms with E-state index in [4.69, 9.17) is 0 Å². The highest BCUT2D eigenvalue weighted by Crippen LogP contribution is 2.52. The van der Waals surface area contributed by atoms with E-state index in [1.54, 1.807) is 23.5 Å². The van der Waals surface area contributed by atoms with Crippen LogP contribution in [0, 0.1) is 22.7 Å². The highest BCUT2D eigenvalue weighted by atomic mass is 32.2. The van der Waals surface area contributed by atoms with E-state index in [-0.39, 0.29) is 0 Å². The molecule has 4 rings (SSSR count). The Hall–Kier alpha value is -3.44. The van der Waals surface area contributed by atoms with Gasteiger partial charge in [-0.15, -0.1) is 23.5 Å². The number of hydrogen-bond donors (Lipinski definition) is 0. The summed E-state index contributed by atoms with van der Waals surface area (Å²) in [5.41, 5.74) is 0.573. The van der Waals surface area contributed by atoms with Gasteiger partial charge in [-0.2, -0.15) is 10.5 Å². The maximum absolute atomic E-state index is 11.1. The molecule has 0 saturated carbocycles. The Bertz CT molecular complexity index is 1210. The molecule has 0 aromatic heterocycles. The Morgan fingerprint density at radius 3 is 1.03 bits per heavy atom. The first-order valence-electron chi connectivity index (χ1n) is 10.9. The molecule has 2 unspecified atom stereocenters. The summed E-state index contributed by atoms with van der Waals surface area (Å²) in [6.07, 6.45) is 4.06. The van der Waals surface area contributed by atoms with Crippen LogP contribution < -0.4 is 0 Å². The second kappa shape index (κ2) is 10.2. The molecule has 0 N–H and O–H groups in total. The van der Waals surface area contributed by atoms with Crippen molar-refractivity contribution in [1.29, 1.82) is 10.5 Å². The van der Waals surface area contributed by atoms with Crippen LogP contribution in [0.15, 0.2) is 119 Å². The average Bonchev–Trinajstić information content (AvgIpc) is 2.93. The summed E-state index contributed by atoms with van der Waals surface area (Å²) in [6, 6.07) is 40.8. The molecule has 0 amide bonds. The first-order chi connectivity index (χ1) is 16.7.